The van der Waals surface area contributed by atoms with Crippen LogP contribution in [0.15, 0.2) is 22.9 Å². The maximum atomic E-state index is 13.8. The van der Waals surface area contributed by atoms with E-state index in [0.717, 1.165) is 18.6 Å². The van der Waals surface area contributed by atoms with Gasteiger partial charge in [-0.15, -0.1) is 0 Å². The number of aromatic nitrogens is 2. The Morgan fingerprint density at radius 1 is 1.44 bits per heavy atom. The number of rotatable bonds is 2. The Bertz CT molecular complexity index is 532. The van der Waals surface area contributed by atoms with Gasteiger partial charge in [-0.1, -0.05) is 5.16 Å². The molecule has 0 unspecified atom stereocenters. The van der Waals surface area contributed by atoms with Crippen molar-refractivity contribution in [2.45, 2.75) is 25.7 Å². The van der Waals surface area contributed by atoms with Gasteiger partial charge in [-0.05, 0) is 25.8 Å². The molecule has 3 rings (SSSR count). The third-order valence-electron chi connectivity index (χ3n) is 2.85. The lowest BCUT2D eigenvalue weighted by Gasteiger charge is -1.99. The van der Waals surface area contributed by atoms with Gasteiger partial charge in [0.1, 0.15) is 11.5 Å². The van der Waals surface area contributed by atoms with Gasteiger partial charge in [0.2, 0.25) is 0 Å². The molecule has 16 heavy (non-hydrogen) atoms. The van der Waals surface area contributed by atoms with Gasteiger partial charge < -0.3 is 4.52 Å². The van der Waals surface area contributed by atoms with Gasteiger partial charge in [-0.3, -0.25) is 4.98 Å². The standard InChI is InChI=1S/C12H11FN2O/c1-7-12(13)9(4-5-14-7)10-6-11(16-15-10)8-2-3-8/h4-6,8H,2-3H2,1H3. The van der Waals surface area contributed by atoms with Crippen LogP contribution in [0, 0.1) is 12.7 Å². The molecule has 0 atom stereocenters. The minimum Gasteiger partial charge on any atom is -0.360 e. The molecule has 1 aliphatic carbocycles. The van der Waals surface area contributed by atoms with Crippen molar-refractivity contribution in [2.24, 2.45) is 0 Å². The van der Waals surface area contributed by atoms with Crippen LogP contribution in [0.25, 0.3) is 11.3 Å². The average Bonchev–Trinajstić information content (AvgIpc) is 3.02. The molecule has 4 heteroatoms. The second-order valence-corrected chi connectivity index (χ2v) is 4.15. The zero-order chi connectivity index (χ0) is 11.1. The fourth-order valence-corrected chi connectivity index (χ4v) is 1.72. The molecule has 0 amide bonds. The molecule has 0 bridgehead atoms. The van der Waals surface area contributed by atoms with E-state index in [0.29, 0.717) is 22.9 Å². The molecule has 82 valence electrons. The lowest BCUT2D eigenvalue weighted by atomic mass is 10.1. The second-order valence-electron chi connectivity index (χ2n) is 4.15. The lowest BCUT2D eigenvalue weighted by Crippen LogP contribution is -1.91. The molecule has 0 radical (unpaired) electrons. The first-order valence-electron chi connectivity index (χ1n) is 5.34. The number of halogens is 1. The summed E-state index contributed by atoms with van der Waals surface area (Å²) in [7, 11) is 0. The fraction of sp³-hybridized carbons (Fsp3) is 0.333. The van der Waals surface area contributed by atoms with Gasteiger partial charge in [0.25, 0.3) is 0 Å². The molecule has 0 aliphatic heterocycles. The minimum atomic E-state index is -0.321. The van der Waals surface area contributed by atoms with Gasteiger partial charge in [0, 0.05) is 23.7 Å². The van der Waals surface area contributed by atoms with Crippen LogP contribution in [0.4, 0.5) is 4.39 Å². The number of pyridine rings is 1. The molecule has 1 fully saturated rings. The first-order chi connectivity index (χ1) is 7.75. The lowest BCUT2D eigenvalue weighted by molar-refractivity contribution is 0.386. The molecule has 2 heterocycles. The monoisotopic (exact) mass is 218 g/mol. The van der Waals surface area contributed by atoms with E-state index >= 15 is 0 Å². The highest BCUT2D eigenvalue weighted by Crippen LogP contribution is 2.41. The number of aryl methyl sites for hydroxylation is 1. The Balaban J connectivity index is 2.03. The summed E-state index contributed by atoms with van der Waals surface area (Å²) >= 11 is 0. The maximum absolute atomic E-state index is 13.8. The van der Waals surface area contributed by atoms with Crippen molar-refractivity contribution in [3.8, 4) is 11.3 Å². The van der Waals surface area contributed by atoms with Crippen LogP contribution in [-0.2, 0) is 0 Å². The van der Waals surface area contributed by atoms with Crippen molar-refractivity contribution >= 4 is 0 Å². The largest absolute Gasteiger partial charge is 0.360 e. The molecule has 1 aliphatic rings. The van der Waals surface area contributed by atoms with Crippen LogP contribution in [0.2, 0.25) is 0 Å². The van der Waals surface area contributed by atoms with E-state index < -0.39 is 0 Å². The molecular weight excluding hydrogens is 207 g/mol. The SMILES string of the molecule is Cc1nccc(-c2cc(C3CC3)on2)c1F. The Labute approximate surface area is 92.3 Å². The molecular formula is C12H11FN2O. The summed E-state index contributed by atoms with van der Waals surface area (Å²) in [6.45, 7) is 1.64. The summed E-state index contributed by atoms with van der Waals surface area (Å²) in [6.07, 6.45) is 3.87. The van der Waals surface area contributed by atoms with E-state index in [1.807, 2.05) is 6.07 Å². The normalized spacial score (nSPS) is 15.4. The molecule has 0 aromatic carbocycles. The van der Waals surface area contributed by atoms with Crippen LogP contribution < -0.4 is 0 Å². The zero-order valence-corrected chi connectivity index (χ0v) is 8.90. The molecule has 2 aromatic rings. The second kappa shape index (κ2) is 3.40. The van der Waals surface area contributed by atoms with Crippen molar-refractivity contribution in [3.63, 3.8) is 0 Å². The van der Waals surface area contributed by atoms with E-state index in [-0.39, 0.29) is 5.82 Å². The van der Waals surface area contributed by atoms with Crippen molar-refractivity contribution in [2.75, 3.05) is 0 Å². The third kappa shape index (κ3) is 1.50. The highest BCUT2D eigenvalue weighted by atomic mass is 19.1. The molecule has 1 saturated carbocycles. The average molecular weight is 218 g/mol. The Morgan fingerprint density at radius 2 is 2.25 bits per heavy atom. The van der Waals surface area contributed by atoms with Gasteiger partial charge >= 0.3 is 0 Å². The zero-order valence-electron chi connectivity index (χ0n) is 8.90. The van der Waals surface area contributed by atoms with Crippen molar-refractivity contribution in [1.82, 2.24) is 10.1 Å². The Kier molecular flexibility index (Phi) is 2.02. The summed E-state index contributed by atoms with van der Waals surface area (Å²) < 4.78 is 19.0. The number of nitrogens with zero attached hydrogens (tertiary/aromatic N) is 2. The summed E-state index contributed by atoms with van der Waals surface area (Å²) in [6, 6.07) is 3.45. The van der Waals surface area contributed by atoms with Crippen LogP contribution in [0.5, 0.6) is 0 Å². The van der Waals surface area contributed by atoms with E-state index in [9.17, 15) is 4.39 Å². The first kappa shape index (κ1) is 9.51. The maximum Gasteiger partial charge on any atom is 0.153 e. The fourth-order valence-electron chi connectivity index (χ4n) is 1.72. The molecule has 2 aromatic heterocycles. The Morgan fingerprint density at radius 3 is 3.00 bits per heavy atom. The van der Waals surface area contributed by atoms with Crippen LogP contribution in [-0.4, -0.2) is 10.1 Å². The molecule has 0 spiro atoms. The number of hydrogen-bond acceptors (Lipinski definition) is 3. The number of hydrogen-bond donors (Lipinski definition) is 0. The van der Waals surface area contributed by atoms with Crippen molar-refractivity contribution in [1.29, 1.82) is 0 Å². The van der Waals surface area contributed by atoms with Crippen molar-refractivity contribution < 1.29 is 8.91 Å². The van der Waals surface area contributed by atoms with E-state index in [1.165, 1.54) is 0 Å². The summed E-state index contributed by atoms with van der Waals surface area (Å²) in [5.74, 6) is 1.04. The molecule has 3 nitrogen and oxygen atoms in total. The van der Waals surface area contributed by atoms with E-state index in [4.69, 9.17) is 4.52 Å². The van der Waals surface area contributed by atoms with Crippen LogP contribution in [0.3, 0.4) is 0 Å². The van der Waals surface area contributed by atoms with Gasteiger partial charge in [0.15, 0.2) is 5.82 Å². The van der Waals surface area contributed by atoms with Gasteiger partial charge in [0.05, 0.1) is 5.69 Å². The summed E-state index contributed by atoms with van der Waals surface area (Å²) in [4.78, 5) is 3.89. The quantitative estimate of drug-likeness (QED) is 0.777. The predicted octanol–water partition coefficient (Wildman–Crippen LogP) is 3.06. The van der Waals surface area contributed by atoms with Gasteiger partial charge in [-0.2, -0.15) is 0 Å². The van der Waals surface area contributed by atoms with Crippen LogP contribution >= 0.6 is 0 Å². The predicted molar refractivity (Wildman–Crippen MR) is 56.4 cm³/mol. The minimum absolute atomic E-state index is 0.321. The Hall–Kier alpha value is -1.71. The molecule has 0 saturated heterocycles. The third-order valence-corrected chi connectivity index (χ3v) is 2.85. The summed E-state index contributed by atoms with van der Waals surface area (Å²) in [5, 5.41) is 3.91. The topological polar surface area (TPSA) is 38.9 Å². The molecule has 0 N–H and O–H groups in total. The van der Waals surface area contributed by atoms with Crippen molar-refractivity contribution in [3.05, 3.63) is 35.6 Å². The summed E-state index contributed by atoms with van der Waals surface area (Å²) in [5.41, 5.74) is 1.40. The van der Waals surface area contributed by atoms with Crippen LogP contribution in [0.1, 0.15) is 30.2 Å². The van der Waals surface area contributed by atoms with E-state index in [2.05, 4.69) is 10.1 Å². The van der Waals surface area contributed by atoms with Gasteiger partial charge in [-0.25, -0.2) is 4.39 Å². The smallest absolute Gasteiger partial charge is 0.153 e. The van der Waals surface area contributed by atoms with E-state index in [1.54, 1.807) is 19.2 Å². The highest BCUT2D eigenvalue weighted by molar-refractivity contribution is 5.60. The first-order valence-corrected chi connectivity index (χ1v) is 5.34. The highest BCUT2D eigenvalue weighted by Gasteiger charge is 2.28.